The van der Waals surface area contributed by atoms with Crippen LogP contribution in [-0.2, 0) is 25.9 Å². The van der Waals surface area contributed by atoms with Crippen LogP contribution in [0.5, 0.6) is 0 Å². The van der Waals surface area contributed by atoms with Crippen LogP contribution in [0.25, 0.3) is 11.3 Å². The maximum Gasteiger partial charge on any atom is 0.254 e. The van der Waals surface area contributed by atoms with Crippen LogP contribution in [-0.4, -0.2) is 31.5 Å². The van der Waals surface area contributed by atoms with E-state index in [9.17, 15) is 13.6 Å². The molecular weight excluding hydrogens is 412 g/mol. The number of carbonyl (C=O) groups is 1. The van der Waals surface area contributed by atoms with Crippen molar-refractivity contribution in [3.63, 3.8) is 0 Å². The monoisotopic (exact) mass is 439 g/mol. The predicted molar refractivity (Wildman–Crippen MR) is 116 cm³/mol. The standard InChI is InChI=1S/C24H27F2N5O/c1-24(2)11-15(28-23(32)17-12-27-30(3)20(17)13-5-6-13)10-16-21(31(4)29-22(16)24)14-7-8-18(25)19(26)9-14/h7-9,12-13,15H,5-6,10-11H2,1-4H3,(H,28,32). The number of aryl methyl sites for hydroxylation is 2. The van der Waals surface area contributed by atoms with Crippen molar-refractivity contribution in [3.8, 4) is 11.3 Å². The van der Waals surface area contributed by atoms with Crippen LogP contribution in [0.15, 0.2) is 24.4 Å². The van der Waals surface area contributed by atoms with E-state index in [1.165, 1.54) is 6.07 Å². The average molecular weight is 440 g/mol. The summed E-state index contributed by atoms with van der Waals surface area (Å²) in [5, 5.41) is 12.2. The highest BCUT2D eigenvalue weighted by Crippen LogP contribution is 2.42. The van der Waals surface area contributed by atoms with Gasteiger partial charge < -0.3 is 5.32 Å². The highest BCUT2D eigenvalue weighted by atomic mass is 19.2. The molecule has 0 aliphatic heterocycles. The third-order valence-corrected chi connectivity index (χ3v) is 6.72. The molecule has 2 aliphatic carbocycles. The molecule has 5 rings (SSSR count). The quantitative estimate of drug-likeness (QED) is 0.668. The van der Waals surface area contributed by atoms with Gasteiger partial charge in [-0.25, -0.2) is 8.78 Å². The number of carbonyl (C=O) groups excluding carboxylic acids is 1. The second kappa shape index (κ2) is 7.25. The van der Waals surface area contributed by atoms with Gasteiger partial charge in [-0.15, -0.1) is 0 Å². The third-order valence-electron chi connectivity index (χ3n) is 6.72. The Morgan fingerprint density at radius 2 is 1.91 bits per heavy atom. The zero-order valence-electron chi connectivity index (χ0n) is 18.7. The van der Waals surface area contributed by atoms with E-state index in [4.69, 9.17) is 5.10 Å². The maximum absolute atomic E-state index is 14.0. The molecule has 1 N–H and O–H groups in total. The van der Waals surface area contributed by atoms with Gasteiger partial charge in [0, 0.05) is 42.6 Å². The molecule has 2 aliphatic rings. The van der Waals surface area contributed by atoms with Gasteiger partial charge in [-0.3, -0.25) is 14.2 Å². The zero-order chi connectivity index (χ0) is 22.8. The Morgan fingerprint density at radius 1 is 1.16 bits per heavy atom. The van der Waals surface area contributed by atoms with Crippen molar-refractivity contribution in [2.75, 3.05) is 0 Å². The molecule has 8 heteroatoms. The van der Waals surface area contributed by atoms with E-state index in [-0.39, 0.29) is 17.4 Å². The lowest BCUT2D eigenvalue weighted by atomic mass is 9.73. The van der Waals surface area contributed by atoms with Crippen molar-refractivity contribution in [2.24, 2.45) is 14.1 Å². The van der Waals surface area contributed by atoms with E-state index in [2.05, 4.69) is 24.3 Å². The van der Waals surface area contributed by atoms with Crippen molar-refractivity contribution in [2.45, 2.75) is 56.9 Å². The summed E-state index contributed by atoms with van der Waals surface area (Å²) in [6.07, 6.45) is 5.14. The number of nitrogens with zero attached hydrogens (tertiary/aromatic N) is 4. The van der Waals surface area contributed by atoms with Crippen molar-refractivity contribution >= 4 is 5.91 Å². The molecule has 32 heavy (non-hydrogen) atoms. The second-order valence-corrected chi connectivity index (χ2v) is 9.73. The first kappa shape index (κ1) is 20.8. The normalized spacial score (nSPS) is 19.6. The van der Waals surface area contributed by atoms with E-state index in [0.29, 0.717) is 23.5 Å². The summed E-state index contributed by atoms with van der Waals surface area (Å²) in [5.74, 6) is -1.46. The molecule has 2 aromatic heterocycles. The van der Waals surface area contributed by atoms with Gasteiger partial charge in [0.15, 0.2) is 11.6 Å². The third kappa shape index (κ3) is 3.42. The highest BCUT2D eigenvalue weighted by Gasteiger charge is 2.39. The Morgan fingerprint density at radius 3 is 2.59 bits per heavy atom. The summed E-state index contributed by atoms with van der Waals surface area (Å²) >= 11 is 0. The SMILES string of the molecule is Cn1nc2c(c1-c1ccc(F)c(F)c1)CC(NC(=O)c1cnn(C)c1C1CC1)CC2(C)C. The number of hydrogen-bond acceptors (Lipinski definition) is 3. The van der Waals surface area contributed by atoms with Crippen LogP contribution < -0.4 is 5.32 Å². The number of fused-ring (bicyclic) bond motifs is 1. The molecule has 6 nitrogen and oxygen atoms in total. The van der Waals surface area contributed by atoms with E-state index < -0.39 is 11.6 Å². The lowest BCUT2D eigenvalue weighted by Gasteiger charge is -2.35. The molecule has 1 amide bonds. The van der Waals surface area contributed by atoms with Gasteiger partial charge >= 0.3 is 0 Å². The van der Waals surface area contributed by atoms with Gasteiger partial charge in [0.25, 0.3) is 5.91 Å². The van der Waals surface area contributed by atoms with E-state index in [1.807, 2.05) is 14.1 Å². The first-order valence-corrected chi connectivity index (χ1v) is 11.0. The number of rotatable bonds is 4. The van der Waals surface area contributed by atoms with Crippen LogP contribution in [0.4, 0.5) is 8.78 Å². The summed E-state index contributed by atoms with van der Waals surface area (Å²) in [4.78, 5) is 13.2. The molecule has 0 saturated heterocycles. The summed E-state index contributed by atoms with van der Waals surface area (Å²) < 4.78 is 31.0. The first-order valence-electron chi connectivity index (χ1n) is 11.0. The fraction of sp³-hybridized carbons (Fsp3) is 0.458. The number of amides is 1. The van der Waals surface area contributed by atoms with Crippen LogP contribution >= 0.6 is 0 Å². The zero-order valence-corrected chi connectivity index (χ0v) is 18.7. The minimum atomic E-state index is -0.887. The van der Waals surface area contributed by atoms with Gasteiger partial charge in [-0.05, 0) is 43.9 Å². The van der Waals surface area contributed by atoms with Gasteiger partial charge in [0.2, 0.25) is 0 Å². The number of hydrogen-bond donors (Lipinski definition) is 1. The Bertz CT molecular complexity index is 1220. The molecule has 1 atom stereocenters. The van der Waals surface area contributed by atoms with Crippen LogP contribution in [0.2, 0.25) is 0 Å². The second-order valence-electron chi connectivity index (χ2n) is 9.73. The number of benzene rings is 1. The van der Waals surface area contributed by atoms with Gasteiger partial charge in [-0.1, -0.05) is 13.8 Å². The topological polar surface area (TPSA) is 64.7 Å². The van der Waals surface area contributed by atoms with Gasteiger partial charge in [0.05, 0.1) is 28.8 Å². The molecule has 0 spiro atoms. The largest absolute Gasteiger partial charge is 0.349 e. The molecule has 2 heterocycles. The molecule has 1 aromatic carbocycles. The number of halogens is 2. The highest BCUT2D eigenvalue weighted by molar-refractivity contribution is 5.95. The average Bonchev–Trinajstić information content (AvgIpc) is 3.39. The molecule has 168 valence electrons. The maximum atomic E-state index is 14.0. The molecule has 3 aromatic rings. The summed E-state index contributed by atoms with van der Waals surface area (Å²) in [6, 6.07) is 3.81. The van der Waals surface area contributed by atoms with Crippen molar-refractivity contribution < 1.29 is 13.6 Å². The van der Waals surface area contributed by atoms with Crippen molar-refractivity contribution in [1.29, 1.82) is 0 Å². The Balaban J connectivity index is 1.47. The predicted octanol–water partition coefficient (Wildman–Crippen LogP) is 4.00. The minimum absolute atomic E-state index is 0.106. The van der Waals surface area contributed by atoms with E-state index in [0.717, 1.165) is 48.0 Å². The Kier molecular flexibility index (Phi) is 4.72. The fourth-order valence-corrected chi connectivity index (χ4v) is 5.17. The van der Waals surface area contributed by atoms with Crippen LogP contribution in [0.3, 0.4) is 0 Å². The van der Waals surface area contributed by atoms with Gasteiger partial charge in [-0.2, -0.15) is 10.2 Å². The summed E-state index contributed by atoms with van der Waals surface area (Å²) in [6.45, 7) is 4.21. The molecule has 1 unspecified atom stereocenters. The van der Waals surface area contributed by atoms with Gasteiger partial charge in [0.1, 0.15) is 0 Å². The fourth-order valence-electron chi connectivity index (χ4n) is 5.17. The lowest BCUT2D eigenvalue weighted by Crippen LogP contribution is -2.44. The number of nitrogens with one attached hydrogen (secondary N) is 1. The minimum Gasteiger partial charge on any atom is -0.349 e. The Labute approximate surface area is 185 Å². The summed E-state index contributed by atoms with van der Waals surface area (Å²) in [5.41, 5.74) is 4.60. The number of aromatic nitrogens is 4. The smallest absolute Gasteiger partial charge is 0.254 e. The van der Waals surface area contributed by atoms with E-state index in [1.54, 1.807) is 21.6 Å². The summed E-state index contributed by atoms with van der Waals surface area (Å²) in [7, 11) is 3.69. The van der Waals surface area contributed by atoms with E-state index >= 15 is 0 Å². The molecule has 1 fully saturated rings. The van der Waals surface area contributed by atoms with Crippen LogP contribution in [0, 0.1) is 11.6 Å². The molecule has 0 bridgehead atoms. The van der Waals surface area contributed by atoms with Crippen molar-refractivity contribution in [3.05, 3.63) is 58.5 Å². The van der Waals surface area contributed by atoms with Crippen LogP contribution in [0.1, 0.15) is 66.3 Å². The molecule has 0 radical (unpaired) electrons. The first-order chi connectivity index (χ1) is 15.2. The lowest BCUT2D eigenvalue weighted by molar-refractivity contribution is 0.0926. The molecule has 1 saturated carbocycles. The van der Waals surface area contributed by atoms with Crippen molar-refractivity contribution in [1.82, 2.24) is 24.9 Å². The Hall–Kier alpha value is -3.03. The molecular formula is C24H27F2N5O.